The van der Waals surface area contributed by atoms with Crippen LogP contribution in [0.2, 0.25) is 35.7 Å². The lowest BCUT2D eigenvalue weighted by atomic mass is 10.2. The molecule has 7 rings (SSSR count). The Morgan fingerprint density at radius 3 is 2.48 bits per heavy atom. The summed E-state index contributed by atoms with van der Waals surface area (Å²) in [4.78, 5) is 25.0. The van der Waals surface area contributed by atoms with Crippen LogP contribution < -0.4 is 14.5 Å². The van der Waals surface area contributed by atoms with Gasteiger partial charge in [0.1, 0.15) is 18.3 Å². The van der Waals surface area contributed by atoms with Crippen molar-refractivity contribution < 1.29 is 14.2 Å². The molecule has 0 saturated carbocycles. The molecule has 0 bridgehead atoms. The lowest BCUT2D eigenvalue weighted by Gasteiger charge is -2.29. The lowest BCUT2D eigenvalue weighted by Crippen LogP contribution is -2.38. The Morgan fingerprint density at radius 1 is 0.980 bits per heavy atom. The summed E-state index contributed by atoms with van der Waals surface area (Å²) in [6.45, 7) is 11.5. The third-order valence-corrected chi connectivity index (χ3v) is 11.8. The summed E-state index contributed by atoms with van der Waals surface area (Å²) in [5.74, 6) is 2.79. The van der Waals surface area contributed by atoms with Gasteiger partial charge in [-0.3, -0.25) is 4.98 Å². The molecule has 1 fully saturated rings. The highest BCUT2D eigenvalue weighted by Gasteiger charge is 2.26. The Hall–Kier alpha value is -3.79. The highest BCUT2D eigenvalue weighted by Crippen LogP contribution is 2.33. The van der Waals surface area contributed by atoms with E-state index in [9.17, 15) is 0 Å². The molecule has 0 spiro atoms. The maximum Gasteiger partial charge on any atom is 0.232 e. The van der Waals surface area contributed by atoms with Gasteiger partial charge < -0.3 is 28.6 Å². The number of fused-ring (bicyclic) bond motifs is 2. The number of imidazole rings is 1. The zero-order valence-electron chi connectivity index (χ0n) is 28.5. The number of methoxy groups -OCH3 is 1. The highest BCUT2D eigenvalue weighted by atomic mass is 35.5. The van der Waals surface area contributed by atoms with E-state index < -0.39 is 8.07 Å². The second kappa shape index (κ2) is 14.8. The zero-order chi connectivity index (χ0) is 34.8. The predicted octanol–water partition coefficient (Wildman–Crippen LogP) is 7.27. The molecular formula is C34H39Cl2N9O3SSi. The first kappa shape index (κ1) is 34.6. The number of nitrogens with zero attached hydrogens (tertiary/aromatic N) is 9. The number of rotatable bonds is 13. The van der Waals surface area contributed by atoms with Crippen LogP contribution in [-0.2, 0) is 29.3 Å². The van der Waals surface area contributed by atoms with Crippen molar-refractivity contribution in [2.24, 2.45) is 0 Å². The van der Waals surface area contributed by atoms with Crippen LogP contribution in [0.5, 0.6) is 5.75 Å². The Balaban J connectivity index is 1.36. The molecule has 1 saturated heterocycles. The molecule has 6 aromatic rings. The molecule has 12 nitrogen and oxygen atoms in total. The molecule has 1 aliphatic rings. The van der Waals surface area contributed by atoms with E-state index in [4.69, 9.17) is 57.5 Å². The lowest BCUT2D eigenvalue weighted by molar-refractivity contribution is 0.0878. The van der Waals surface area contributed by atoms with Crippen LogP contribution in [0.1, 0.15) is 11.4 Å². The number of benzene rings is 2. The Bertz CT molecular complexity index is 2080. The molecule has 0 atom stereocenters. The van der Waals surface area contributed by atoms with Crippen LogP contribution in [0.15, 0.2) is 54.3 Å². The Kier molecular flexibility index (Phi) is 10.3. The van der Waals surface area contributed by atoms with Crippen molar-refractivity contribution in [3.63, 3.8) is 0 Å². The first-order valence-corrected chi connectivity index (χ1v) is 21.8. The van der Waals surface area contributed by atoms with Crippen molar-refractivity contribution in [3.05, 3.63) is 75.7 Å². The maximum absolute atomic E-state index is 6.55. The number of hydrogen-bond acceptors (Lipinski definition) is 11. The van der Waals surface area contributed by atoms with Gasteiger partial charge in [-0.05, 0) is 35.9 Å². The molecule has 16 heteroatoms. The topological polar surface area (TPSA) is 108 Å². The van der Waals surface area contributed by atoms with Crippen LogP contribution in [-0.4, -0.2) is 82.2 Å². The largest absolute Gasteiger partial charge is 0.497 e. The van der Waals surface area contributed by atoms with E-state index in [1.807, 2.05) is 46.7 Å². The summed E-state index contributed by atoms with van der Waals surface area (Å²) in [6.07, 6.45) is 3.68. The van der Waals surface area contributed by atoms with Crippen LogP contribution >= 0.6 is 34.5 Å². The molecule has 0 aliphatic carbocycles. The molecule has 4 aromatic heterocycles. The van der Waals surface area contributed by atoms with E-state index >= 15 is 0 Å². The standard InChI is InChI=1S/C34H39Cl2N9O3SSi/c1-46-24-7-5-23(6-8-24)19-43(20-31-39-28-15-26(35)27(36)16-29(28)44(31)22-48-13-14-50(2,3)4)34-41-33(42-9-11-47-12-10-42)40-32-25(17-38-45(32)34)30-18-37-21-49-30/h5-8,15-18,21H,9-14,19-20,22H2,1-4H3. The van der Waals surface area contributed by atoms with E-state index in [1.165, 1.54) is 0 Å². The predicted molar refractivity (Wildman–Crippen MR) is 202 cm³/mol. The molecule has 0 radical (unpaired) electrons. The highest BCUT2D eigenvalue weighted by molar-refractivity contribution is 7.13. The minimum absolute atomic E-state index is 0.320. The van der Waals surface area contributed by atoms with E-state index in [0.717, 1.165) is 44.7 Å². The Labute approximate surface area is 305 Å². The summed E-state index contributed by atoms with van der Waals surface area (Å²) in [7, 11) is 0.374. The van der Waals surface area contributed by atoms with Crippen LogP contribution in [0.25, 0.3) is 27.1 Å². The second-order valence-electron chi connectivity index (χ2n) is 13.3. The number of thiazole rings is 1. The third kappa shape index (κ3) is 7.60. The molecule has 50 heavy (non-hydrogen) atoms. The van der Waals surface area contributed by atoms with Crippen molar-refractivity contribution in [1.82, 2.24) is 34.1 Å². The molecule has 0 N–H and O–H groups in total. The molecule has 0 unspecified atom stereocenters. The van der Waals surface area contributed by atoms with Crippen molar-refractivity contribution >= 4 is 71.2 Å². The van der Waals surface area contributed by atoms with Crippen molar-refractivity contribution in [1.29, 1.82) is 0 Å². The van der Waals surface area contributed by atoms with Gasteiger partial charge >= 0.3 is 0 Å². The zero-order valence-corrected chi connectivity index (χ0v) is 31.8. The van der Waals surface area contributed by atoms with Gasteiger partial charge in [-0.1, -0.05) is 55.0 Å². The normalized spacial score (nSPS) is 13.8. The van der Waals surface area contributed by atoms with E-state index in [2.05, 4.69) is 51.1 Å². The number of halogens is 2. The molecule has 0 amide bonds. The maximum atomic E-state index is 6.55. The number of hydrogen-bond donors (Lipinski definition) is 0. The van der Waals surface area contributed by atoms with E-state index in [0.29, 0.717) is 80.3 Å². The first-order valence-electron chi connectivity index (χ1n) is 16.4. The molecule has 1 aliphatic heterocycles. The molecule has 262 valence electrons. The number of aromatic nitrogens is 7. The summed E-state index contributed by atoms with van der Waals surface area (Å²) >= 11 is 14.6. The van der Waals surface area contributed by atoms with Crippen molar-refractivity contribution in [2.75, 3.05) is 49.8 Å². The SMILES string of the molecule is COc1ccc(CN(Cc2nc3cc(Cl)c(Cl)cc3n2COCC[Si](C)(C)C)c2nc(N3CCOCC3)nc3c(-c4cncs4)cnn23)cc1. The Morgan fingerprint density at radius 2 is 1.76 bits per heavy atom. The molecular weight excluding hydrogens is 713 g/mol. The smallest absolute Gasteiger partial charge is 0.232 e. The first-order chi connectivity index (χ1) is 24.2. The number of morpholine rings is 1. The van der Waals surface area contributed by atoms with Gasteiger partial charge in [0, 0.05) is 40.5 Å². The fourth-order valence-corrected chi connectivity index (χ4v) is 7.47. The molecule has 2 aromatic carbocycles. The number of anilines is 2. The van der Waals surface area contributed by atoms with Gasteiger partial charge in [0.15, 0.2) is 5.65 Å². The second-order valence-corrected chi connectivity index (χ2v) is 20.7. The van der Waals surface area contributed by atoms with Crippen LogP contribution in [0.3, 0.4) is 0 Å². The third-order valence-electron chi connectivity index (χ3n) is 8.56. The monoisotopic (exact) mass is 751 g/mol. The van der Waals surface area contributed by atoms with Gasteiger partial charge in [-0.25, -0.2) is 4.98 Å². The van der Waals surface area contributed by atoms with Gasteiger partial charge in [-0.15, -0.1) is 11.3 Å². The number of ether oxygens (including phenoxy) is 3. The average Bonchev–Trinajstić information content (AvgIpc) is 3.86. The summed E-state index contributed by atoms with van der Waals surface area (Å²) in [5.41, 5.74) is 6.04. The van der Waals surface area contributed by atoms with Crippen molar-refractivity contribution in [2.45, 2.75) is 45.5 Å². The summed E-state index contributed by atoms with van der Waals surface area (Å²) in [5, 5.41) is 5.76. The van der Waals surface area contributed by atoms with Crippen LogP contribution in [0, 0.1) is 0 Å². The van der Waals surface area contributed by atoms with E-state index in [-0.39, 0.29) is 0 Å². The fraction of sp³-hybridized carbons (Fsp3) is 0.382. The van der Waals surface area contributed by atoms with Gasteiger partial charge in [0.25, 0.3) is 0 Å². The average molecular weight is 753 g/mol. The van der Waals surface area contributed by atoms with Crippen molar-refractivity contribution in [3.8, 4) is 16.2 Å². The minimum Gasteiger partial charge on any atom is -0.497 e. The van der Waals surface area contributed by atoms with Gasteiger partial charge in [0.05, 0.1) is 70.1 Å². The molecule has 5 heterocycles. The van der Waals surface area contributed by atoms with E-state index in [1.54, 1.807) is 18.4 Å². The van der Waals surface area contributed by atoms with Gasteiger partial charge in [0.2, 0.25) is 11.9 Å². The van der Waals surface area contributed by atoms with Crippen LogP contribution in [0.4, 0.5) is 11.9 Å². The fourth-order valence-electron chi connectivity index (χ4n) is 5.77. The quantitative estimate of drug-likeness (QED) is 0.0884. The summed E-state index contributed by atoms with van der Waals surface area (Å²) in [6, 6.07) is 12.8. The van der Waals surface area contributed by atoms with Gasteiger partial charge in [-0.2, -0.15) is 19.6 Å². The summed E-state index contributed by atoms with van der Waals surface area (Å²) < 4.78 is 21.3. The minimum atomic E-state index is -1.29.